The topological polar surface area (TPSA) is 55.8 Å². The molecule has 1 aliphatic heterocycles. The Bertz CT molecular complexity index is 272. The zero-order chi connectivity index (χ0) is 12.7. The van der Waals surface area contributed by atoms with Crippen molar-refractivity contribution in [2.75, 3.05) is 0 Å². The first-order valence-electron chi connectivity index (χ1n) is 5.67. The maximum absolute atomic E-state index is 10.9. The summed E-state index contributed by atoms with van der Waals surface area (Å²) in [6, 6.07) is 0. The third kappa shape index (κ3) is 2.25. The van der Waals surface area contributed by atoms with Crippen molar-refractivity contribution in [2.45, 2.75) is 58.6 Å². The predicted molar refractivity (Wildman–Crippen MR) is 62.3 cm³/mol. The molecule has 0 aromatic heterocycles. The normalized spacial score (nSPS) is 26.5. The van der Waals surface area contributed by atoms with Crippen molar-refractivity contribution in [3.63, 3.8) is 0 Å². The molecule has 0 spiro atoms. The van der Waals surface area contributed by atoms with Crippen LogP contribution in [0.15, 0.2) is 0 Å². The average molecular weight is 228 g/mol. The highest BCUT2D eigenvalue weighted by Gasteiger charge is 2.54. The Labute approximate surface area is 97.5 Å². The van der Waals surface area contributed by atoms with Gasteiger partial charge in [0, 0.05) is 5.82 Å². The molecule has 2 atom stereocenters. The van der Waals surface area contributed by atoms with Gasteiger partial charge in [-0.15, -0.1) is 0 Å². The first-order chi connectivity index (χ1) is 7.08. The fourth-order valence-electron chi connectivity index (χ4n) is 1.56. The van der Waals surface area contributed by atoms with Crippen LogP contribution in [0.2, 0.25) is 5.82 Å². The van der Waals surface area contributed by atoms with E-state index in [2.05, 4.69) is 0 Å². The molecule has 4 nitrogen and oxygen atoms in total. The standard InChI is InChI=1S/C11H21BO4/c1-7(9(13)14)8(2)12-15-10(3,4)11(5,6)16-12/h7-8H,1-6H3,(H,13,14)/t7-,8?/m0/s1. The van der Waals surface area contributed by atoms with Crippen LogP contribution in [0.3, 0.4) is 0 Å². The van der Waals surface area contributed by atoms with Gasteiger partial charge >= 0.3 is 13.1 Å². The van der Waals surface area contributed by atoms with Crippen molar-refractivity contribution < 1.29 is 19.2 Å². The zero-order valence-electron chi connectivity index (χ0n) is 10.9. The van der Waals surface area contributed by atoms with Gasteiger partial charge in [0.25, 0.3) is 0 Å². The van der Waals surface area contributed by atoms with E-state index in [-0.39, 0.29) is 5.82 Å². The Morgan fingerprint density at radius 3 is 1.81 bits per heavy atom. The fourth-order valence-corrected chi connectivity index (χ4v) is 1.56. The summed E-state index contributed by atoms with van der Waals surface area (Å²) in [6.45, 7) is 11.4. The van der Waals surface area contributed by atoms with Crippen LogP contribution in [0.5, 0.6) is 0 Å². The largest absolute Gasteiger partial charge is 0.481 e. The van der Waals surface area contributed by atoms with E-state index >= 15 is 0 Å². The fraction of sp³-hybridized carbons (Fsp3) is 0.909. The predicted octanol–water partition coefficient (Wildman–Crippen LogP) is 2.19. The molecular weight excluding hydrogens is 207 g/mol. The summed E-state index contributed by atoms with van der Waals surface area (Å²) in [6.07, 6.45) is 0. The lowest BCUT2D eigenvalue weighted by Gasteiger charge is -2.32. The molecule has 1 saturated heterocycles. The summed E-state index contributed by atoms with van der Waals surface area (Å²) in [5.74, 6) is -1.46. The van der Waals surface area contributed by atoms with Gasteiger partial charge in [-0.1, -0.05) is 13.8 Å². The molecule has 0 aromatic rings. The molecule has 1 aliphatic rings. The highest BCUT2D eigenvalue weighted by atomic mass is 16.7. The lowest BCUT2D eigenvalue weighted by atomic mass is 9.66. The number of hydrogen-bond acceptors (Lipinski definition) is 3. The van der Waals surface area contributed by atoms with Gasteiger partial charge in [0.15, 0.2) is 0 Å². The van der Waals surface area contributed by atoms with E-state index in [9.17, 15) is 4.79 Å². The lowest BCUT2D eigenvalue weighted by Crippen LogP contribution is -2.41. The van der Waals surface area contributed by atoms with E-state index in [0.29, 0.717) is 0 Å². The Balaban J connectivity index is 2.76. The smallest absolute Gasteiger partial charge is 0.461 e. The lowest BCUT2D eigenvalue weighted by molar-refractivity contribution is -0.141. The number of carboxylic acid groups (broad SMARTS) is 1. The van der Waals surface area contributed by atoms with Gasteiger partial charge in [-0.25, -0.2) is 0 Å². The summed E-state index contributed by atoms with van der Waals surface area (Å²) >= 11 is 0. The molecule has 0 bridgehead atoms. The van der Waals surface area contributed by atoms with Gasteiger partial charge in [0.2, 0.25) is 0 Å². The summed E-state index contributed by atoms with van der Waals surface area (Å²) < 4.78 is 11.6. The zero-order valence-corrected chi connectivity index (χ0v) is 10.9. The van der Waals surface area contributed by atoms with Crippen molar-refractivity contribution in [3.8, 4) is 0 Å². The van der Waals surface area contributed by atoms with Gasteiger partial charge < -0.3 is 14.4 Å². The Morgan fingerprint density at radius 2 is 1.50 bits per heavy atom. The van der Waals surface area contributed by atoms with Crippen LogP contribution in [0.4, 0.5) is 0 Å². The van der Waals surface area contributed by atoms with E-state index in [1.165, 1.54) is 0 Å². The molecule has 1 heterocycles. The van der Waals surface area contributed by atoms with Gasteiger partial charge in [-0.3, -0.25) is 4.79 Å². The van der Waals surface area contributed by atoms with E-state index in [1.807, 2.05) is 34.6 Å². The molecule has 0 radical (unpaired) electrons. The molecule has 1 rings (SSSR count). The highest BCUT2D eigenvalue weighted by molar-refractivity contribution is 6.47. The van der Waals surface area contributed by atoms with E-state index in [4.69, 9.17) is 14.4 Å². The molecule has 92 valence electrons. The van der Waals surface area contributed by atoms with Crippen molar-refractivity contribution in [1.82, 2.24) is 0 Å². The second kappa shape index (κ2) is 4.04. The summed E-state index contributed by atoms with van der Waals surface area (Å²) in [7, 11) is -0.448. The number of hydrogen-bond donors (Lipinski definition) is 1. The molecule has 5 heteroatoms. The molecule has 0 saturated carbocycles. The minimum atomic E-state index is -0.817. The Hall–Kier alpha value is -0.545. The summed E-state index contributed by atoms with van der Waals surface area (Å²) in [5, 5.41) is 8.96. The van der Waals surface area contributed by atoms with Crippen LogP contribution in [-0.4, -0.2) is 29.4 Å². The maximum atomic E-state index is 10.9. The summed E-state index contributed by atoms with van der Waals surface area (Å²) in [4.78, 5) is 10.9. The second-order valence-electron chi connectivity index (χ2n) is 5.61. The molecule has 1 fully saturated rings. The van der Waals surface area contributed by atoms with Crippen LogP contribution < -0.4 is 0 Å². The van der Waals surface area contributed by atoms with Crippen molar-refractivity contribution in [3.05, 3.63) is 0 Å². The first kappa shape index (κ1) is 13.5. The SMILES string of the molecule is CC(B1OC(C)(C)C(C)(C)O1)[C@H](C)C(=O)O. The van der Waals surface area contributed by atoms with E-state index in [1.54, 1.807) is 6.92 Å². The third-order valence-corrected chi connectivity index (χ3v) is 3.88. The maximum Gasteiger partial charge on any atom is 0.461 e. The third-order valence-electron chi connectivity index (χ3n) is 3.88. The van der Waals surface area contributed by atoms with Gasteiger partial charge in [-0.2, -0.15) is 0 Å². The number of rotatable bonds is 3. The minimum absolute atomic E-state index is 0.168. The molecule has 0 aliphatic carbocycles. The van der Waals surface area contributed by atoms with Crippen LogP contribution in [0, 0.1) is 5.92 Å². The van der Waals surface area contributed by atoms with Crippen molar-refractivity contribution >= 4 is 13.1 Å². The van der Waals surface area contributed by atoms with Gasteiger partial charge in [0.1, 0.15) is 0 Å². The number of carbonyl (C=O) groups is 1. The minimum Gasteiger partial charge on any atom is -0.481 e. The van der Waals surface area contributed by atoms with Crippen LogP contribution in [0.1, 0.15) is 41.5 Å². The first-order valence-corrected chi connectivity index (χ1v) is 5.67. The Kier molecular flexibility index (Phi) is 3.41. The van der Waals surface area contributed by atoms with Crippen molar-refractivity contribution in [2.24, 2.45) is 5.92 Å². The molecule has 0 aromatic carbocycles. The quantitative estimate of drug-likeness (QED) is 0.752. The molecule has 1 N–H and O–H groups in total. The molecule has 0 amide bonds. The number of aliphatic carboxylic acids is 1. The number of carboxylic acids is 1. The molecule has 1 unspecified atom stereocenters. The van der Waals surface area contributed by atoms with E-state index < -0.39 is 30.2 Å². The van der Waals surface area contributed by atoms with Gasteiger partial charge in [0.05, 0.1) is 17.1 Å². The van der Waals surface area contributed by atoms with Crippen LogP contribution >= 0.6 is 0 Å². The van der Waals surface area contributed by atoms with Gasteiger partial charge in [-0.05, 0) is 27.7 Å². The second-order valence-corrected chi connectivity index (χ2v) is 5.61. The van der Waals surface area contributed by atoms with Crippen LogP contribution in [-0.2, 0) is 14.1 Å². The monoisotopic (exact) mass is 228 g/mol. The highest BCUT2D eigenvalue weighted by Crippen LogP contribution is 2.41. The average Bonchev–Trinajstić information content (AvgIpc) is 2.33. The van der Waals surface area contributed by atoms with Crippen molar-refractivity contribution in [1.29, 1.82) is 0 Å². The summed E-state index contributed by atoms with van der Waals surface area (Å²) in [5.41, 5.74) is -0.797. The Morgan fingerprint density at radius 1 is 1.12 bits per heavy atom. The van der Waals surface area contributed by atoms with Crippen LogP contribution in [0.25, 0.3) is 0 Å². The molecule has 16 heavy (non-hydrogen) atoms. The van der Waals surface area contributed by atoms with E-state index in [0.717, 1.165) is 0 Å². The molecular formula is C11H21BO4.